The van der Waals surface area contributed by atoms with Crippen LogP contribution in [0.2, 0.25) is 0 Å². The molecule has 0 radical (unpaired) electrons. The average molecular weight is 257 g/mol. The van der Waals surface area contributed by atoms with Crippen molar-refractivity contribution in [1.29, 1.82) is 0 Å². The van der Waals surface area contributed by atoms with Gasteiger partial charge in [0.25, 0.3) is 0 Å². The van der Waals surface area contributed by atoms with E-state index in [2.05, 4.69) is 15.9 Å². The number of fused-ring (bicyclic) bond motifs is 1. The summed E-state index contributed by atoms with van der Waals surface area (Å²) in [6.07, 6.45) is 3.22. The molecule has 1 aliphatic rings. The van der Waals surface area contributed by atoms with Gasteiger partial charge in [0.05, 0.1) is 0 Å². The Kier molecular flexibility index (Phi) is 2.74. The molecule has 0 N–H and O–H groups in total. The topological polar surface area (TPSA) is 17.1 Å². The Hall–Kier alpha value is -0.280. The monoisotopic (exact) mass is 256 g/mol. The van der Waals surface area contributed by atoms with Crippen molar-refractivity contribution in [2.24, 2.45) is 0 Å². The molecule has 1 aliphatic heterocycles. The van der Waals surface area contributed by atoms with E-state index in [-0.39, 0.29) is 0 Å². The molecule has 1 nitrogen and oxygen atoms in total. The number of hydrogen-bond acceptors (Lipinski definition) is 2. The van der Waals surface area contributed by atoms with Gasteiger partial charge in [0, 0.05) is 14.9 Å². The molecule has 0 fully saturated rings. The van der Waals surface area contributed by atoms with Gasteiger partial charge in [-0.05, 0) is 52.2 Å². The molecule has 13 heavy (non-hydrogen) atoms. The number of aryl methyl sites for hydroxylation is 1. The van der Waals surface area contributed by atoms with E-state index in [1.807, 2.05) is 23.9 Å². The second kappa shape index (κ2) is 3.84. The van der Waals surface area contributed by atoms with E-state index in [4.69, 9.17) is 0 Å². The molecule has 2 rings (SSSR count). The summed E-state index contributed by atoms with van der Waals surface area (Å²) in [5.41, 5.74) is 2.08. The molecule has 0 spiro atoms. The molecule has 0 saturated carbocycles. The van der Waals surface area contributed by atoms with Gasteiger partial charge in [-0.3, -0.25) is 4.79 Å². The summed E-state index contributed by atoms with van der Waals surface area (Å²) in [4.78, 5) is 11.9. The van der Waals surface area contributed by atoms with Crippen LogP contribution in [0, 0.1) is 0 Å². The van der Waals surface area contributed by atoms with E-state index < -0.39 is 0 Å². The van der Waals surface area contributed by atoms with Gasteiger partial charge in [-0.1, -0.05) is 0 Å². The number of carbonyl (C=O) groups is 1. The van der Waals surface area contributed by atoms with Gasteiger partial charge in [0.1, 0.15) is 6.29 Å². The van der Waals surface area contributed by atoms with Crippen molar-refractivity contribution in [3.05, 3.63) is 27.7 Å². The van der Waals surface area contributed by atoms with Crippen molar-refractivity contribution in [3.8, 4) is 0 Å². The second-order valence-electron chi connectivity index (χ2n) is 3.06. The first-order valence-corrected chi connectivity index (χ1v) is 5.99. The first-order valence-electron chi connectivity index (χ1n) is 4.21. The highest BCUT2D eigenvalue weighted by Crippen LogP contribution is 2.36. The normalized spacial score (nSPS) is 15.2. The van der Waals surface area contributed by atoms with Crippen molar-refractivity contribution in [2.45, 2.75) is 17.7 Å². The maximum absolute atomic E-state index is 10.6. The first-order chi connectivity index (χ1) is 6.31. The van der Waals surface area contributed by atoms with Gasteiger partial charge in [-0.2, -0.15) is 0 Å². The van der Waals surface area contributed by atoms with Crippen molar-refractivity contribution >= 4 is 34.0 Å². The molecule has 3 heteroatoms. The predicted molar refractivity (Wildman–Crippen MR) is 58.6 cm³/mol. The smallest absolute Gasteiger partial charge is 0.150 e. The number of thioether (sulfide) groups is 1. The number of halogens is 1. The van der Waals surface area contributed by atoms with Crippen LogP contribution in [0.1, 0.15) is 22.3 Å². The Bertz CT molecular complexity index is 349. The van der Waals surface area contributed by atoms with Crippen LogP contribution in [0.4, 0.5) is 0 Å². The number of carbonyl (C=O) groups excluding carboxylic acids is 1. The molecule has 0 atom stereocenters. The third-order valence-electron chi connectivity index (χ3n) is 2.12. The highest BCUT2D eigenvalue weighted by atomic mass is 79.9. The summed E-state index contributed by atoms with van der Waals surface area (Å²) >= 11 is 5.37. The van der Waals surface area contributed by atoms with Crippen molar-refractivity contribution in [1.82, 2.24) is 0 Å². The van der Waals surface area contributed by atoms with Crippen LogP contribution in [0.15, 0.2) is 21.5 Å². The van der Waals surface area contributed by atoms with Gasteiger partial charge < -0.3 is 0 Å². The standard InChI is InChI=1S/C10H9BrOS/c11-9-5-7(6-12)4-8-2-1-3-13-10(8)9/h4-6H,1-3H2. The van der Waals surface area contributed by atoms with Crippen LogP contribution in [-0.4, -0.2) is 12.0 Å². The summed E-state index contributed by atoms with van der Waals surface area (Å²) in [5, 5.41) is 0. The lowest BCUT2D eigenvalue weighted by Gasteiger charge is -2.16. The predicted octanol–water partition coefficient (Wildman–Crippen LogP) is 3.30. The summed E-state index contributed by atoms with van der Waals surface area (Å²) in [7, 11) is 0. The highest BCUT2D eigenvalue weighted by molar-refractivity contribution is 9.10. The van der Waals surface area contributed by atoms with Gasteiger partial charge in [0.15, 0.2) is 0 Å². The third kappa shape index (κ3) is 1.81. The third-order valence-corrected chi connectivity index (χ3v) is 4.27. The Labute approximate surface area is 90.0 Å². The fraction of sp³-hybridized carbons (Fsp3) is 0.300. The number of rotatable bonds is 1. The maximum Gasteiger partial charge on any atom is 0.150 e. The quantitative estimate of drug-likeness (QED) is 0.718. The summed E-state index contributed by atoms with van der Waals surface area (Å²) < 4.78 is 1.07. The molecule has 0 aliphatic carbocycles. The van der Waals surface area contributed by atoms with Crippen LogP contribution in [-0.2, 0) is 6.42 Å². The average Bonchev–Trinajstić information content (AvgIpc) is 2.18. The molecular weight excluding hydrogens is 248 g/mol. The first kappa shape index (κ1) is 9.28. The van der Waals surface area contributed by atoms with Crippen molar-refractivity contribution in [2.75, 3.05) is 5.75 Å². The van der Waals surface area contributed by atoms with Crippen LogP contribution in [0.25, 0.3) is 0 Å². The number of benzene rings is 1. The molecule has 0 amide bonds. The molecular formula is C10H9BrOS. The van der Waals surface area contributed by atoms with Crippen LogP contribution in [0.5, 0.6) is 0 Å². The largest absolute Gasteiger partial charge is 0.298 e. The Morgan fingerprint density at radius 1 is 1.46 bits per heavy atom. The lowest BCUT2D eigenvalue weighted by Crippen LogP contribution is -2.00. The van der Waals surface area contributed by atoms with E-state index in [9.17, 15) is 4.79 Å². The Balaban J connectivity index is 2.52. The second-order valence-corrected chi connectivity index (χ2v) is 5.02. The lowest BCUT2D eigenvalue weighted by atomic mass is 10.1. The zero-order chi connectivity index (χ0) is 9.26. The number of aldehydes is 1. The fourth-order valence-corrected chi connectivity index (χ4v) is 3.42. The van der Waals surface area contributed by atoms with Gasteiger partial charge >= 0.3 is 0 Å². The van der Waals surface area contributed by atoms with Crippen molar-refractivity contribution < 1.29 is 4.79 Å². The molecule has 0 unspecified atom stereocenters. The summed E-state index contributed by atoms with van der Waals surface area (Å²) in [6, 6.07) is 3.89. The summed E-state index contributed by atoms with van der Waals surface area (Å²) in [5.74, 6) is 1.19. The van der Waals surface area contributed by atoms with Gasteiger partial charge in [0.2, 0.25) is 0 Å². The molecule has 1 aromatic carbocycles. The van der Waals surface area contributed by atoms with E-state index in [1.54, 1.807) is 0 Å². The molecule has 0 aromatic heterocycles. The summed E-state index contributed by atoms with van der Waals surface area (Å²) in [6.45, 7) is 0. The molecule has 0 saturated heterocycles. The molecule has 0 bridgehead atoms. The van der Waals surface area contributed by atoms with E-state index in [1.165, 1.54) is 22.6 Å². The minimum atomic E-state index is 0.771. The van der Waals surface area contributed by atoms with E-state index >= 15 is 0 Å². The molecule has 68 valence electrons. The SMILES string of the molecule is O=Cc1cc(Br)c2c(c1)CCCS2. The van der Waals surface area contributed by atoms with E-state index in [0.29, 0.717) is 0 Å². The fourth-order valence-electron chi connectivity index (χ4n) is 1.53. The zero-order valence-electron chi connectivity index (χ0n) is 7.05. The Morgan fingerprint density at radius 3 is 3.08 bits per heavy atom. The van der Waals surface area contributed by atoms with Gasteiger partial charge in [-0.15, -0.1) is 11.8 Å². The maximum atomic E-state index is 10.6. The highest BCUT2D eigenvalue weighted by Gasteiger charge is 2.13. The van der Waals surface area contributed by atoms with Crippen LogP contribution < -0.4 is 0 Å². The van der Waals surface area contributed by atoms with Gasteiger partial charge in [-0.25, -0.2) is 0 Å². The zero-order valence-corrected chi connectivity index (χ0v) is 9.45. The van der Waals surface area contributed by atoms with Crippen LogP contribution >= 0.6 is 27.7 Å². The number of hydrogen-bond donors (Lipinski definition) is 0. The Morgan fingerprint density at radius 2 is 2.31 bits per heavy atom. The molecule has 1 heterocycles. The molecule has 1 aromatic rings. The lowest BCUT2D eigenvalue weighted by molar-refractivity contribution is 0.112. The van der Waals surface area contributed by atoms with Crippen LogP contribution in [0.3, 0.4) is 0 Å². The minimum Gasteiger partial charge on any atom is -0.298 e. The van der Waals surface area contributed by atoms with Crippen molar-refractivity contribution in [3.63, 3.8) is 0 Å². The van der Waals surface area contributed by atoms with E-state index in [0.717, 1.165) is 22.7 Å². The minimum absolute atomic E-state index is 0.771.